The number of nitrogens with zero attached hydrogens (tertiary/aromatic N) is 3. The van der Waals surface area contributed by atoms with Gasteiger partial charge in [-0.15, -0.1) is 10.2 Å². The Bertz CT molecular complexity index is 505. The summed E-state index contributed by atoms with van der Waals surface area (Å²) in [4.78, 5) is 2.33. The molecule has 1 N–H and O–H groups in total. The highest BCUT2D eigenvalue weighted by Crippen LogP contribution is 2.10. The molecule has 2 heterocycles. The Hall–Kier alpha value is -1.72. The Kier molecular flexibility index (Phi) is 3.86. The SMILES string of the molecule is c1ccc(Cc2nnc(CN3CCNCC3)o2)cc1. The predicted octanol–water partition coefficient (Wildman–Crippen LogP) is 1.07. The number of aromatic nitrogens is 2. The first-order valence-corrected chi connectivity index (χ1v) is 6.68. The first-order chi connectivity index (χ1) is 9.40. The fraction of sp³-hybridized carbons (Fsp3) is 0.429. The maximum absolute atomic E-state index is 5.71. The minimum Gasteiger partial charge on any atom is -0.424 e. The molecule has 1 aliphatic rings. The van der Waals surface area contributed by atoms with Gasteiger partial charge in [-0.05, 0) is 5.56 Å². The van der Waals surface area contributed by atoms with Crippen LogP contribution in [0.15, 0.2) is 34.7 Å². The zero-order chi connectivity index (χ0) is 12.9. The highest BCUT2D eigenvalue weighted by Gasteiger charge is 2.14. The minimum atomic E-state index is 0.691. The van der Waals surface area contributed by atoms with Crippen LogP contribution in [0.5, 0.6) is 0 Å². The first-order valence-electron chi connectivity index (χ1n) is 6.68. The molecule has 1 saturated heterocycles. The van der Waals surface area contributed by atoms with Crippen molar-refractivity contribution in [2.45, 2.75) is 13.0 Å². The molecular formula is C14H18N4O. The van der Waals surface area contributed by atoms with Gasteiger partial charge in [0, 0.05) is 26.2 Å². The molecule has 5 nitrogen and oxygen atoms in total. The van der Waals surface area contributed by atoms with Gasteiger partial charge in [-0.2, -0.15) is 0 Å². The van der Waals surface area contributed by atoms with Gasteiger partial charge in [0.25, 0.3) is 0 Å². The lowest BCUT2D eigenvalue weighted by Crippen LogP contribution is -2.42. The third kappa shape index (κ3) is 3.39. The van der Waals surface area contributed by atoms with Crippen molar-refractivity contribution in [2.75, 3.05) is 26.2 Å². The number of hydrogen-bond acceptors (Lipinski definition) is 5. The maximum atomic E-state index is 5.71. The van der Waals surface area contributed by atoms with Gasteiger partial charge in [0.1, 0.15) is 0 Å². The lowest BCUT2D eigenvalue weighted by Gasteiger charge is -2.25. The number of rotatable bonds is 4. The highest BCUT2D eigenvalue weighted by molar-refractivity contribution is 5.17. The van der Waals surface area contributed by atoms with Crippen LogP contribution in [0, 0.1) is 0 Å². The Morgan fingerprint density at radius 3 is 2.58 bits per heavy atom. The lowest BCUT2D eigenvalue weighted by molar-refractivity contribution is 0.211. The summed E-state index contributed by atoms with van der Waals surface area (Å²) in [6, 6.07) is 10.2. The highest BCUT2D eigenvalue weighted by atomic mass is 16.4. The number of hydrogen-bond donors (Lipinski definition) is 1. The summed E-state index contributed by atoms with van der Waals surface area (Å²) in [6.07, 6.45) is 0.704. The van der Waals surface area contributed by atoms with Crippen LogP contribution in [-0.2, 0) is 13.0 Å². The molecule has 0 aliphatic carbocycles. The van der Waals surface area contributed by atoms with Gasteiger partial charge in [0.15, 0.2) is 0 Å². The van der Waals surface area contributed by atoms with Crippen LogP contribution >= 0.6 is 0 Å². The van der Waals surface area contributed by atoms with E-state index in [2.05, 4.69) is 32.5 Å². The molecule has 3 rings (SSSR count). The molecule has 0 spiro atoms. The van der Waals surface area contributed by atoms with E-state index < -0.39 is 0 Å². The number of piperazine rings is 1. The van der Waals surface area contributed by atoms with Gasteiger partial charge < -0.3 is 9.73 Å². The summed E-state index contributed by atoms with van der Waals surface area (Å²) < 4.78 is 5.71. The summed E-state index contributed by atoms with van der Waals surface area (Å²) in [6.45, 7) is 4.90. The molecule has 2 aromatic rings. The number of benzene rings is 1. The molecule has 5 heteroatoms. The van der Waals surface area contributed by atoms with E-state index in [9.17, 15) is 0 Å². The predicted molar refractivity (Wildman–Crippen MR) is 71.7 cm³/mol. The van der Waals surface area contributed by atoms with Gasteiger partial charge >= 0.3 is 0 Å². The lowest BCUT2D eigenvalue weighted by atomic mass is 10.2. The molecule has 1 aliphatic heterocycles. The Morgan fingerprint density at radius 1 is 1.05 bits per heavy atom. The third-order valence-electron chi connectivity index (χ3n) is 3.28. The monoisotopic (exact) mass is 258 g/mol. The van der Waals surface area contributed by atoms with Crippen LogP contribution in [0.25, 0.3) is 0 Å². The van der Waals surface area contributed by atoms with Gasteiger partial charge in [0.05, 0.1) is 13.0 Å². The van der Waals surface area contributed by atoms with Crippen LogP contribution in [0.4, 0.5) is 0 Å². The van der Waals surface area contributed by atoms with Gasteiger partial charge in [0.2, 0.25) is 11.8 Å². The van der Waals surface area contributed by atoms with E-state index in [1.165, 1.54) is 5.56 Å². The quantitative estimate of drug-likeness (QED) is 0.889. The molecule has 1 aromatic carbocycles. The average Bonchev–Trinajstić information content (AvgIpc) is 2.88. The fourth-order valence-electron chi connectivity index (χ4n) is 2.25. The van der Waals surface area contributed by atoms with Crippen molar-refractivity contribution in [3.63, 3.8) is 0 Å². The summed E-state index contributed by atoms with van der Waals surface area (Å²) >= 11 is 0. The van der Waals surface area contributed by atoms with Gasteiger partial charge in [-0.25, -0.2) is 0 Å². The Balaban J connectivity index is 1.59. The van der Waals surface area contributed by atoms with Crippen molar-refractivity contribution in [1.82, 2.24) is 20.4 Å². The van der Waals surface area contributed by atoms with E-state index in [0.29, 0.717) is 18.2 Å². The molecule has 19 heavy (non-hydrogen) atoms. The minimum absolute atomic E-state index is 0.691. The van der Waals surface area contributed by atoms with Crippen molar-refractivity contribution in [1.29, 1.82) is 0 Å². The van der Waals surface area contributed by atoms with Crippen molar-refractivity contribution in [2.24, 2.45) is 0 Å². The van der Waals surface area contributed by atoms with E-state index in [4.69, 9.17) is 4.42 Å². The standard InChI is InChI=1S/C14H18N4O/c1-2-4-12(5-3-1)10-13-16-17-14(19-13)11-18-8-6-15-7-9-18/h1-5,15H,6-11H2. The molecule has 100 valence electrons. The molecule has 0 bridgehead atoms. The largest absolute Gasteiger partial charge is 0.424 e. The Morgan fingerprint density at radius 2 is 1.79 bits per heavy atom. The smallest absolute Gasteiger partial charge is 0.230 e. The van der Waals surface area contributed by atoms with Crippen LogP contribution in [0.1, 0.15) is 17.3 Å². The molecular weight excluding hydrogens is 240 g/mol. The van der Waals surface area contributed by atoms with Crippen molar-refractivity contribution in [3.05, 3.63) is 47.7 Å². The van der Waals surface area contributed by atoms with E-state index in [-0.39, 0.29) is 0 Å². The van der Waals surface area contributed by atoms with Crippen molar-refractivity contribution in [3.8, 4) is 0 Å². The molecule has 0 atom stereocenters. The van der Waals surface area contributed by atoms with E-state index in [0.717, 1.165) is 32.7 Å². The zero-order valence-corrected chi connectivity index (χ0v) is 10.9. The summed E-state index contributed by atoms with van der Waals surface area (Å²) in [5.74, 6) is 1.41. The van der Waals surface area contributed by atoms with Crippen LogP contribution in [0.3, 0.4) is 0 Å². The molecule has 0 unspecified atom stereocenters. The van der Waals surface area contributed by atoms with E-state index in [1.54, 1.807) is 0 Å². The van der Waals surface area contributed by atoms with E-state index >= 15 is 0 Å². The maximum Gasteiger partial charge on any atom is 0.230 e. The molecule has 0 amide bonds. The van der Waals surface area contributed by atoms with Crippen molar-refractivity contribution >= 4 is 0 Å². The van der Waals surface area contributed by atoms with Crippen LogP contribution in [-0.4, -0.2) is 41.3 Å². The van der Waals surface area contributed by atoms with Gasteiger partial charge in [-0.3, -0.25) is 4.90 Å². The third-order valence-corrected chi connectivity index (χ3v) is 3.28. The molecule has 1 aromatic heterocycles. The molecule has 0 radical (unpaired) electrons. The van der Waals surface area contributed by atoms with Crippen LogP contribution < -0.4 is 5.32 Å². The summed E-state index contributed by atoms with van der Waals surface area (Å²) in [7, 11) is 0. The second-order valence-corrected chi connectivity index (χ2v) is 4.78. The van der Waals surface area contributed by atoms with Crippen LogP contribution in [0.2, 0.25) is 0 Å². The second-order valence-electron chi connectivity index (χ2n) is 4.78. The van der Waals surface area contributed by atoms with Gasteiger partial charge in [-0.1, -0.05) is 30.3 Å². The first kappa shape index (κ1) is 12.3. The molecule has 0 saturated carbocycles. The summed E-state index contributed by atoms with van der Waals surface area (Å²) in [5.41, 5.74) is 1.19. The average molecular weight is 258 g/mol. The normalized spacial score (nSPS) is 16.6. The zero-order valence-electron chi connectivity index (χ0n) is 10.9. The Labute approximate surface area is 112 Å². The van der Waals surface area contributed by atoms with E-state index in [1.807, 2.05) is 18.2 Å². The fourth-order valence-corrected chi connectivity index (χ4v) is 2.25. The topological polar surface area (TPSA) is 54.2 Å². The van der Waals surface area contributed by atoms with Crippen molar-refractivity contribution < 1.29 is 4.42 Å². The second kappa shape index (κ2) is 5.95. The summed E-state index contributed by atoms with van der Waals surface area (Å²) in [5, 5.41) is 11.6. The molecule has 1 fully saturated rings. The number of nitrogens with one attached hydrogen (secondary N) is 1.